The van der Waals surface area contributed by atoms with E-state index in [9.17, 15) is 9.59 Å². The summed E-state index contributed by atoms with van der Waals surface area (Å²) in [6.07, 6.45) is 6.50. The van der Waals surface area contributed by atoms with Crippen molar-refractivity contribution in [3.8, 4) is 0 Å². The first-order valence-electron chi connectivity index (χ1n) is 9.40. The second-order valence-corrected chi connectivity index (χ2v) is 7.72. The molecule has 6 heteroatoms. The predicted octanol–water partition coefficient (Wildman–Crippen LogP) is 1.18. The van der Waals surface area contributed by atoms with Crippen LogP contribution in [0.25, 0.3) is 0 Å². The number of ether oxygens (including phenoxy) is 2. The molecule has 134 valence electrons. The number of β-lactam (4-membered cyclic amide) rings is 1. The van der Waals surface area contributed by atoms with Gasteiger partial charge in [-0.3, -0.25) is 9.59 Å². The Labute approximate surface area is 143 Å². The Morgan fingerprint density at radius 3 is 2.38 bits per heavy atom. The van der Waals surface area contributed by atoms with Crippen LogP contribution in [0.1, 0.15) is 44.9 Å². The van der Waals surface area contributed by atoms with Crippen LogP contribution in [0.5, 0.6) is 0 Å². The number of nitrogens with zero attached hydrogens (tertiary/aromatic N) is 2. The Balaban J connectivity index is 1.41. The molecule has 0 aromatic rings. The summed E-state index contributed by atoms with van der Waals surface area (Å²) < 4.78 is 11.0. The lowest BCUT2D eigenvalue weighted by atomic mass is 9.72. The van der Waals surface area contributed by atoms with Crippen molar-refractivity contribution in [1.82, 2.24) is 9.80 Å². The van der Waals surface area contributed by atoms with Crippen LogP contribution < -0.4 is 0 Å². The van der Waals surface area contributed by atoms with Crippen LogP contribution in [0.4, 0.5) is 0 Å². The van der Waals surface area contributed by atoms with Gasteiger partial charge in [0.25, 0.3) is 5.91 Å². The Hall–Kier alpha value is -1.14. The lowest BCUT2D eigenvalue weighted by Gasteiger charge is -2.61. The molecule has 2 amide bonds. The predicted molar refractivity (Wildman–Crippen MR) is 87.4 cm³/mol. The van der Waals surface area contributed by atoms with Gasteiger partial charge in [-0.25, -0.2) is 0 Å². The molecule has 1 saturated carbocycles. The quantitative estimate of drug-likeness (QED) is 0.726. The molecule has 6 nitrogen and oxygen atoms in total. The Morgan fingerprint density at radius 1 is 1.17 bits per heavy atom. The van der Waals surface area contributed by atoms with E-state index in [4.69, 9.17) is 9.47 Å². The highest BCUT2D eigenvalue weighted by atomic mass is 16.5. The van der Waals surface area contributed by atoms with Gasteiger partial charge in [-0.05, 0) is 38.5 Å². The smallest absolute Gasteiger partial charge is 0.254 e. The zero-order chi connectivity index (χ0) is 16.7. The third kappa shape index (κ3) is 2.37. The minimum absolute atomic E-state index is 0.128. The molecule has 3 heterocycles. The number of rotatable bonds is 3. The first kappa shape index (κ1) is 16.3. The molecule has 1 atom stereocenters. The summed E-state index contributed by atoms with van der Waals surface area (Å²) in [5, 5.41) is 0. The molecular formula is C18H28N2O4. The lowest BCUT2D eigenvalue weighted by Crippen LogP contribution is -2.79. The molecule has 1 aliphatic carbocycles. The van der Waals surface area contributed by atoms with E-state index in [1.807, 2.05) is 4.90 Å². The van der Waals surface area contributed by atoms with E-state index in [0.717, 1.165) is 51.6 Å². The van der Waals surface area contributed by atoms with E-state index < -0.39 is 0 Å². The molecule has 24 heavy (non-hydrogen) atoms. The molecule has 0 N–H and O–H groups in total. The zero-order valence-electron chi connectivity index (χ0n) is 14.5. The molecule has 3 aliphatic heterocycles. The second-order valence-electron chi connectivity index (χ2n) is 7.72. The normalized spacial score (nSPS) is 31.0. The summed E-state index contributed by atoms with van der Waals surface area (Å²) in [5.41, 5.74) is -0.172. The lowest BCUT2D eigenvalue weighted by molar-refractivity contribution is -0.214. The highest BCUT2D eigenvalue weighted by Crippen LogP contribution is 2.45. The largest absolute Gasteiger partial charge is 0.381 e. The first-order valence-corrected chi connectivity index (χ1v) is 9.40. The van der Waals surface area contributed by atoms with Crippen LogP contribution in [0, 0.1) is 5.92 Å². The van der Waals surface area contributed by atoms with Gasteiger partial charge in [-0.2, -0.15) is 0 Å². The van der Waals surface area contributed by atoms with Crippen molar-refractivity contribution in [3.63, 3.8) is 0 Å². The Kier molecular flexibility index (Phi) is 4.29. The highest BCUT2D eigenvalue weighted by Gasteiger charge is 2.62. The van der Waals surface area contributed by atoms with Crippen molar-refractivity contribution in [2.24, 2.45) is 5.92 Å². The van der Waals surface area contributed by atoms with Gasteiger partial charge < -0.3 is 19.3 Å². The van der Waals surface area contributed by atoms with Crippen LogP contribution in [-0.4, -0.2) is 72.7 Å². The average Bonchev–Trinajstić information content (AvgIpc) is 2.55. The molecule has 0 radical (unpaired) electrons. The fraction of sp³-hybridized carbons (Fsp3) is 0.889. The van der Waals surface area contributed by atoms with Crippen molar-refractivity contribution in [1.29, 1.82) is 0 Å². The van der Waals surface area contributed by atoms with Crippen LogP contribution in [-0.2, 0) is 19.1 Å². The summed E-state index contributed by atoms with van der Waals surface area (Å²) in [7, 11) is 1.64. The molecule has 3 saturated heterocycles. The summed E-state index contributed by atoms with van der Waals surface area (Å²) in [4.78, 5) is 29.1. The SMILES string of the molecule is COC1C(=O)N(C2CCN(C(=O)C3CCC3)CC2)C12CCOCC2. The summed E-state index contributed by atoms with van der Waals surface area (Å²) in [6.45, 7) is 2.97. The number of methoxy groups -OCH3 is 1. The van der Waals surface area contributed by atoms with Crippen molar-refractivity contribution in [2.45, 2.75) is 62.6 Å². The Morgan fingerprint density at radius 2 is 1.83 bits per heavy atom. The monoisotopic (exact) mass is 336 g/mol. The number of carbonyl (C=O) groups is 2. The van der Waals surface area contributed by atoms with Gasteiger partial charge in [0, 0.05) is 45.4 Å². The van der Waals surface area contributed by atoms with Gasteiger partial charge >= 0.3 is 0 Å². The van der Waals surface area contributed by atoms with Crippen LogP contribution in [0.15, 0.2) is 0 Å². The summed E-state index contributed by atoms with van der Waals surface area (Å²) in [6, 6.07) is 0.243. The molecule has 1 spiro atoms. The average molecular weight is 336 g/mol. The van der Waals surface area contributed by atoms with Crippen LogP contribution in [0.2, 0.25) is 0 Å². The van der Waals surface area contributed by atoms with Crippen LogP contribution in [0.3, 0.4) is 0 Å². The number of hydrogen-bond acceptors (Lipinski definition) is 4. The van der Waals surface area contributed by atoms with Gasteiger partial charge in [0.1, 0.15) is 0 Å². The molecule has 4 rings (SSSR count). The molecule has 0 aromatic carbocycles. The molecule has 4 fully saturated rings. The molecule has 0 aromatic heterocycles. The van der Waals surface area contributed by atoms with E-state index in [0.29, 0.717) is 19.1 Å². The molecule has 4 aliphatic rings. The third-order valence-corrected chi connectivity index (χ3v) is 6.62. The summed E-state index contributed by atoms with van der Waals surface area (Å²) >= 11 is 0. The maximum Gasteiger partial charge on any atom is 0.254 e. The standard InChI is InChI=1S/C18H28N2O4/c1-23-15-17(22)20(18(15)7-11-24-12-8-18)14-5-9-19(10-6-14)16(21)13-3-2-4-13/h13-15H,2-12H2,1H3. The molecular weight excluding hydrogens is 308 g/mol. The van der Waals surface area contributed by atoms with E-state index in [-0.39, 0.29) is 29.5 Å². The molecule has 0 bridgehead atoms. The van der Waals surface area contributed by atoms with Gasteiger partial charge in [-0.15, -0.1) is 0 Å². The minimum Gasteiger partial charge on any atom is -0.381 e. The van der Waals surface area contributed by atoms with Crippen molar-refractivity contribution < 1.29 is 19.1 Å². The number of likely N-dealkylation sites (tertiary alicyclic amines) is 2. The highest BCUT2D eigenvalue weighted by molar-refractivity contribution is 5.91. The van der Waals surface area contributed by atoms with Crippen molar-refractivity contribution in [2.75, 3.05) is 33.4 Å². The van der Waals surface area contributed by atoms with E-state index in [2.05, 4.69) is 4.90 Å². The molecule has 1 unspecified atom stereocenters. The van der Waals surface area contributed by atoms with Crippen LogP contribution >= 0.6 is 0 Å². The minimum atomic E-state index is -0.309. The number of piperidine rings is 1. The Bertz CT molecular complexity index is 505. The third-order valence-electron chi connectivity index (χ3n) is 6.62. The first-order chi connectivity index (χ1) is 11.7. The fourth-order valence-corrected chi connectivity index (χ4v) is 4.99. The zero-order valence-corrected chi connectivity index (χ0v) is 14.5. The van der Waals surface area contributed by atoms with Crippen molar-refractivity contribution in [3.05, 3.63) is 0 Å². The second kappa shape index (κ2) is 6.30. The van der Waals surface area contributed by atoms with Gasteiger partial charge in [0.15, 0.2) is 6.10 Å². The number of hydrogen-bond donors (Lipinski definition) is 0. The topological polar surface area (TPSA) is 59.1 Å². The number of carbonyl (C=O) groups excluding carboxylic acids is 2. The maximum absolute atomic E-state index is 12.6. The maximum atomic E-state index is 12.6. The van der Waals surface area contributed by atoms with E-state index in [1.54, 1.807) is 7.11 Å². The summed E-state index contributed by atoms with van der Waals surface area (Å²) in [5.74, 6) is 0.736. The van der Waals surface area contributed by atoms with E-state index >= 15 is 0 Å². The van der Waals surface area contributed by atoms with E-state index in [1.165, 1.54) is 6.42 Å². The van der Waals surface area contributed by atoms with Crippen molar-refractivity contribution >= 4 is 11.8 Å². The fourth-order valence-electron chi connectivity index (χ4n) is 4.99. The van der Waals surface area contributed by atoms with Gasteiger partial charge in [-0.1, -0.05) is 6.42 Å². The van der Waals surface area contributed by atoms with Gasteiger partial charge in [0.05, 0.1) is 5.54 Å². The number of amides is 2. The van der Waals surface area contributed by atoms with Gasteiger partial charge in [0.2, 0.25) is 5.91 Å².